The van der Waals surface area contributed by atoms with Crippen molar-refractivity contribution >= 4 is 29.2 Å². The molecule has 0 aliphatic carbocycles. The Hall–Kier alpha value is -3.01. The summed E-state index contributed by atoms with van der Waals surface area (Å²) in [6.07, 6.45) is 0.0189. The number of nitrogens with one attached hydrogen (secondary N) is 1. The van der Waals surface area contributed by atoms with Crippen LogP contribution in [0, 0.1) is 15.5 Å². The summed E-state index contributed by atoms with van der Waals surface area (Å²) in [5, 5.41) is 13.5. The van der Waals surface area contributed by atoms with Crippen LogP contribution in [0.5, 0.6) is 0 Å². The third-order valence-electron chi connectivity index (χ3n) is 6.15. The van der Waals surface area contributed by atoms with Gasteiger partial charge in [0.1, 0.15) is 0 Å². The number of nitro benzene ring substituents is 1. The zero-order valence-corrected chi connectivity index (χ0v) is 15.7. The average Bonchev–Trinajstić information content (AvgIpc) is 2.69. The molecule has 28 heavy (non-hydrogen) atoms. The van der Waals surface area contributed by atoms with E-state index in [2.05, 4.69) is 10.2 Å². The standard InChI is InChI=1S/C18H21N5O5/c1-3-21-6-7-22-13-5-4-12(23(27)28)8-11(13)9-18(14(22)10-21)15(24)19-17(26)20(2)16(18)25/h4-5,8,14H,3,6-7,9-10H2,1-2H3,(H,19,24,26)/t14-,18-/m0/s1. The van der Waals surface area contributed by atoms with Gasteiger partial charge < -0.3 is 4.90 Å². The molecule has 4 rings (SSSR count). The van der Waals surface area contributed by atoms with Gasteiger partial charge in [0.2, 0.25) is 11.8 Å². The van der Waals surface area contributed by atoms with E-state index in [1.54, 1.807) is 6.07 Å². The molecule has 10 heteroatoms. The Balaban J connectivity index is 1.89. The average molecular weight is 387 g/mol. The molecule has 1 N–H and O–H groups in total. The highest BCUT2D eigenvalue weighted by Gasteiger charge is 2.62. The Kier molecular flexibility index (Phi) is 4.11. The second kappa shape index (κ2) is 6.26. The minimum atomic E-state index is -1.50. The van der Waals surface area contributed by atoms with Crippen molar-refractivity contribution in [3.63, 3.8) is 0 Å². The Labute approximate surface area is 161 Å². The first-order valence-electron chi connectivity index (χ1n) is 9.19. The van der Waals surface area contributed by atoms with Crippen LogP contribution in [0.3, 0.4) is 0 Å². The molecule has 0 saturated carbocycles. The molecule has 3 aliphatic rings. The van der Waals surface area contributed by atoms with E-state index in [0.29, 0.717) is 18.7 Å². The number of carbonyl (C=O) groups excluding carboxylic acids is 3. The maximum absolute atomic E-state index is 13.3. The number of likely N-dealkylation sites (N-methyl/N-ethyl adjacent to an activating group) is 1. The molecule has 148 valence electrons. The molecular formula is C18H21N5O5. The van der Waals surface area contributed by atoms with Crippen LogP contribution in [0.15, 0.2) is 18.2 Å². The van der Waals surface area contributed by atoms with E-state index in [9.17, 15) is 24.5 Å². The van der Waals surface area contributed by atoms with Crippen molar-refractivity contribution in [2.45, 2.75) is 19.4 Å². The molecule has 0 unspecified atom stereocenters. The van der Waals surface area contributed by atoms with Crippen molar-refractivity contribution in [1.82, 2.24) is 15.1 Å². The Bertz CT molecular complexity index is 902. The maximum atomic E-state index is 13.3. The number of anilines is 1. The number of urea groups is 1. The third-order valence-corrected chi connectivity index (χ3v) is 6.15. The maximum Gasteiger partial charge on any atom is 0.330 e. The molecule has 0 aromatic heterocycles. The number of barbiturate groups is 1. The number of nitrogens with zero attached hydrogens (tertiary/aromatic N) is 4. The number of fused-ring (bicyclic) bond motifs is 4. The molecule has 3 heterocycles. The molecule has 1 aromatic rings. The highest BCUT2D eigenvalue weighted by molar-refractivity contribution is 6.20. The summed E-state index contributed by atoms with van der Waals surface area (Å²) in [4.78, 5) is 54.1. The van der Waals surface area contributed by atoms with Crippen LogP contribution >= 0.6 is 0 Å². The monoisotopic (exact) mass is 387 g/mol. The number of rotatable bonds is 2. The fraction of sp³-hybridized carbons (Fsp3) is 0.500. The molecule has 1 aromatic carbocycles. The van der Waals surface area contributed by atoms with E-state index in [1.807, 2.05) is 11.8 Å². The van der Waals surface area contributed by atoms with Gasteiger partial charge in [0.05, 0.1) is 11.0 Å². The summed E-state index contributed by atoms with van der Waals surface area (Å²) in [7, 11) is 1.35. The second-order valence-corrected chi connectivity index (χ2v) is 7.44. The van der Waals surface area contributed by atoms with Gasteiger partial charge in [-0.25, -0.2) is 4.79 Å². The molecule has 4 amide bonds. The fourth-order valence-electron chi connectivity index (χ4n) is 4.59. The van der Waals surface area contributed by atoms with E-state index >= 15 is 0 Å². The van der Waals surface area contributed by atoms with Gasteiger partial charge in [0.25, 0.3) is 5.69 Å². The Morgan fingerprint density at radius 1 is 1.29 bits per heavy atom. The number of hydrogen-bond donors (Lipinski definition) is 1. The molecule has 2 fully saturated rings. The third kappa shape index (κ3) is 2.40. The van der Waals surface area contributed by atoms with Crippen molar-refractivity contribution in [3.8, 4) is 0 Å². The molecule has 10 nitrogen and oxygen atoms in total. The topological polar surface area (TPSA) is 116 Å². The first kappa shape index (κ1) is 18.4. The summed E-state index contributed by atoms with van der Waals surface area (Å²) in [6, 6.07) is 3.35. The number of carbonyl (C=O) groups is 3. The van der Waals surface area contributed by atoms with Crippen LogP contribution in [0.25, 0.3) is 0 Å². The molecule has 3 aliphatic heterocycles. The number of amides is 4. The minimum Gasteiger partial charge on any atom is -0.364 e. The van der Waals surface area contributed by atoms with Crippen molar-refractivity contribution in [1.29, 1.82) is 0 Å². The van der Waals surface area contributed by atoms with Crippen molar-refractivity contribution < 1.29 is 19.3 Å². The van der Waals surface area contributed by atoms with Gasteiger partial charge in [-0.05, 0) is 18.2 Å². The van der Waals surface area contributed by atoms with Gasteiger partial charge >= 0.3 is 6.03 Å². The van der Waals surface area contributed by atoms with Crippen LogP contribution in [-0.2, 0) is 16.0 Å². The Morgan fingerprint density at radius 3 is 2.71 bits per heavy atom. The number of hydrogen-bond acceptors (Lipinski definition) is 7. The van der Waals surface area contributed by atoms with Gasteiger partial charge in [-0.3, -0.25) is 34.8 Å². The van der Waals surface area contributed by atoms with Gasteiger partial charge in [-0.2, -0.15) is 0 Å². The minimum absolute atomic E-state index is 0.0189. The normalized spacial score (nSPS) is 27.5. The first-order chi connectivity index (χ1) is 13.3. The number of non-ortho nitro benzene ring substituents is 1. The van der Waals surface area contributed by atoms with Crippen molar-refractivity contribution in [3.05, 3.63) is 33.9 Å². The lowest BCUT2D eigenvalue weighted by atomic mass is 9.67. The Morgan fingerprint density at radius 2 is 2.04 bits per heavy atom. The number of benzene rings is 1. The van der Waals surface area contributed by atoms with Gasteiger partial charge in [-0.1, -0.05) is 6.92 Å². The quantitative estimate of drug-likeness (QED) is 0.442. The lowest BCUT2D eigenvalue weighted by Gasteiger charge is -2.55. The number of nitro groups is 1. The van der Waals surface area contributed by atoms with Crippen molar-refractivity contribution in [2.24, 2.45) is 5.41 Å². The molecule has 0 radical (unpaired) electrons. The zero-order chi connectivity index (χ0) is 20.2. The first-order valence-corrected chi connectivity index (χ1v) is 9.19. The lowest BCUT2D eigenvalue weighted by Crippen LogP contribution is -2.74. The molecule has 2 atom stereocenters. The van der Waals surface area contributed by atoms with E-state index < -0.39 is 34.2 Å². The molecule has 1 spiro atoms. The highest BCUT2D eigenvalue weighted by Crippen LogP contribution is 2.46. The van der Waals surface area contributed by atoms with E-state index in [1.165, 1.54) is 19.2 Å². The summed E-state index contributed by atoms with van der Waals surface area (Å²) in [5.74, 6) is -1.20. The van der Waals surface area contributed by atoms with E-state index in [-0.39, 0.29) is 12.1 Å². The van der Waals surface area contributed by atoms with Gasteiger partial charge in [0.15, 0.2) is 5.41 Å². The van der Waals surface area contributed by atoms with Gasteiger partial charge in [-0.15, -0.1) is 0 Å². The lowest BCUT2D eigenvalue weighted by molar-refractivity contribution is -0.384. The predicted octanol–water partition coefficient (Wildman–Crippen LogP) is 0.356. The van der Waals surface area contributed by atoms with E-state index in [0.717, 1.165) is 23.7 Å². The van der Waals surface area contributed by atoms with Crippen LogP contribution in [0.2, 0.25) is 0 Å². The zero-order valence-electron chi connectivity index (χ0n) is 15.7. The second-order valence-electron chi connectivity index (χ2n) is 7.44. The largest absolute Gasteiger partial charge is 0.364 e. The predicted molar refractivity (Wildman–Crippen MR) is 98.8 cm³/mol. The van der Waals surface area contributed by atoms with Crippen LogP contribution in [0.1, 0.15) is 12.5 Å². The van der Waals surface area contributed by atoms with Crippen LogP contribution in [0.4, 0.5) is 16.2 Å². The number of piperazine rings is 1. The van der Waals surface area contributed by atoms with Crippen LogP contribution in [-0.4, -0.2) is 71.8 Å². The van der Waals surface area contributed by atoms with E-state index in [4.69, 9.17) is 0 Å². The van der Waals surface area contributed by atoms with Crippen LogP contribution < -0.4 is 10.2 Å². The fourth-order valence-corrected chi connectivity index (χ4v) is 4.59. The summed E-state index contributed by atoms with van der Waals surface area (Å²) >= 11 is 0. The molecule has 0 bridgehead atoms. The molecular weight excluding hydrogens is 366 g/mol. The van der Waals surface area contributed by atoms with Crippen molar-refractivity contribution in [2.75, 3.05) is 38.1 Å². The molecule has 2 saturated heterocycles. The summed E-state index contributed by atoms with van der Waals surface area (Å²) in [5.41, 5.74) is -0.218. The van der Waals surface area contributed by atoms with Gasteiger partial charge in [0, 0.05) is 50.9 Å². The summed E-state index contributed by atoms with van der Waals surface area (Å²) < 4.78 is 0. The SMILES string of the molecule is CCN1CCN2c3ccc([N+](=O)[O-])cc3C[C@@]3(C(=O)NC(=O)N(C)C3=O)[C@@H]2C1. The summed E-state index contributed by atoms with van der Waals surface area (Å²) in [6.45, 7) is 4.63. The highest BCUT2D eigenvalue weighted by atomic mass is 16.6. The number of imide groups is 2. The smallest absolute Gasteiger partial charge is 0.330 e.